The molecule has 0 unspecified atom stereocenters. The van der Waals surface area contributed by atoms with E-state index >= 15 is 0 Å². The van der Waals surface area contributed by atoms with Crippen molar-refractivity contribution in [1.29, 1.82) is 0 Å². The van der Waals surface area contributed by atoms with Crippen molar-refractivity contribution in [3.05, 3.63) is 164 Å². The average molecular weight is 625 g/mol. The zero-order valence-corrected chi connectivity index (χ0v) is 26.4. The fourth-order valence-corrected chi connectivity index (χ4v) is 7.61. The van der Waals surface area contributed by atoms with E-state index in [1.54, 1.807) is 6.07 Å². The smallest absolute Gasteiger partial charge is 0.124 e. The van der Waals surface area contributed by atoms with Crippen LogP contribution in [0.2, 0.25) is 0 Å². The number of phenols is 1. The molecule has 0 bridgehead atoms. The molecule has 0 spiro atoms. The number of nitrogens with zero attached hydrogens (tertiary/aromatic N) is 2. The summed E-state index contributed by atoms with van der Waals surface area (Å²) in [6, 6.07) is 57.2. The number of aromatic nitrogens is 2. The molecular weight excluding hydrogens is 597 g/mol. The molecule has 0 aliphatic rings. The van der Waals surface area contributed by atoms with Crippen LogP contribution in [0.3, 0.4) is 0 Å². The molecule has 3 nitrogen and oxygen atoms in total. The van der Waals surface area contributed by atoms with Crippen molar-refractivity contribution in [1.82, 2.24) is 9.97 Å². The molecule has 8 aromatic carbocycles. The zero-order valence-electron chi connectivity index (χ0n) is 26.4. The Kier molecular flexibility index (Phi) is 6.03. The van der Waals surface area contributed by atoms with E-state index in [0.717, 1.165) is 44.1 Å². The maximum atomic E-state index is 10.5. The van der Waals surface area contributed by atoms with Gasteiger partial charge in [0.05, 0.1) is 22.4 Å². The second-order valence-corrected chi connectivity index (χ2v) is 12.7. The summed E-state index contributed by atoms with van der Waals surface area (Å²) in [4.78, 5) is 10.3. The van der Waals surface area contributed by atoms with Crippen molar-refractivity contribution in [2.45, 2.75) is 0 Å². The van der Waals surface area contributed by atoms with Crippen molar-refractivity contribution in [2.24, 2.45) is 0 Å². The lowest BCUT2D eigenvalue weighted by Crippen LogP contribution is -1.92. The minimum Gasteiger partial charge on any atom is -0.507 e. The van der Waals surface area contributed by atoms with E-state index in [1.165, 1.54) is 48.8 Å². The van der Waals surface area contributed by atoms with Crippen LogP contribution in [0.4, 0.5) is 0 Å². The number of para-hydroxylation sites is 1. The lowest BCUT2D eigenvalue weighted by atomic mass is 9.89. The second-order valence-electron chi connectivity index (χ2n) is 12.7. The summed E-state index contributed by atoms with van der Waals surface area (Å²) in [7, 11) is 0. The van der Waals surface area contributed by atoms with E-state index in [4.69, 9.17) is 9.97 Å². The Morgan fingerprint density at radius 3 is 1.39 bits per heavy atom. The first-order valence-electron chi connectivity index (χ1n) is 16.6. The Bertz CT molecular complexity index is 2930. The Hall–Kier alpha value is -6.58. The van der Waals surface area contributed by atoms with Crippen LogP contribution in [-0.2, 0) is 0 Å². The van der Waals surface area contributed by atoms with Crippen LogP contribution in [0.15, 0.2) is 164 Å². The summed E-state index contributed by atoms with van der Waals surface area (Å²) >= 11 is 0. The normalized spacial score (nSPS) is 11.8. The van der Waals surface area contributed by atoms with Crippen molar-refractivity contribution < 1.29 is 5.11 Å². The van der Waals surface area contributed by atoms with E-state index in [9.17, 15) is 5.11 Å². The van der Waals surface area contributed by atoms with Gasteiger partial charge >= 0.3 is 0 Å². The van der Waals surface area contributed by atoms with E-state index < -0.39 is 0 Å². The molecule has 10 aromatic rings. The van der Waals surface area contributed by atoms with Gasteiger partial charge < -0.3 is 5.11 Å². The Balaban J connectivity index is 1.16. The van der Waals surface area contributed by atoms with Crippen molar-refractivity contribution >= 4 is 64.9 Å². The maximum absolute atomic E-state index is 10.5. The molecule has 0 atom stereocenters. The predicted molar refractivity (Wildman–Crippen MR) is 205 cm³/mol. The highest BCUT2D eigenvalue weighted by Crippen LogP contribution is 2.40. The monoisotopic (exact) mass is 624 g/mol. The topological polar surface area (TPSA) is 46.0 Å². The number of hydrogen-bond acceptors (Lipinski definition) is 3. The van der Waals surface area contributed by atoms with Crippen LogP contribution >= 0.6 is 0 Å². The van der Waals surface area contributed by atoms with Crippen molar-refractivity contribution in [3.63, 3.8) is 0 Å². The van der Waals surface area contributed by atoms with Crippen LogP contribution in [0.25, 0.3) is 98.5 Å². The fraction of sp³-hybridized carbons (Fsp3) is 0. The average Bonchev–Trinajstić information content (AvgIpc) is 3.17. The minimum atomic E-state index is 0.211. The van der Waals surface area contributed by atoms with Crippen molar-refractivity contribution in [2.75, 3.05) is 0 Å². The maximum Gasteiger partial charge on any atom is 0.124 e. The van der Waals surface area contributed by atoms with E-state index in [-0.39, 0.29) is 5.75 Å². The number of pyridine rings is 2. The molecule has 49 heavy (non-hydrogen) atoms. The van der Waals surface area contributed by atoms with Crippen LogP contribution in [0.1, 0.15) is 0 Å². The fourth-order valence-electron chi connectivity index (χ4n) is 7.61. The Labute approximate surface area is 282 Å². The number of aromatic hydroxyl groups is 1. The largest absolute Gasteiger partial charge is 0.507 e. The SMILES string of the molecule is Oc1ccccc1-c1ccc2ccc3ccc(-c4ccc(-c5ccc6c7ccccc7c7ccccc7c6c5)c5ccccc45)nc3c2n1. The van der Waals surface area contributed by atoms with Crippen LogP contribution < -0.4 is 0 Å². The highest BCUT2D eigenvalue weighted by molar-refractivity contribution is 6.26. The van der Waals surface area contributed by atoms with E-state index in [0.29, 0.717) is 5.56 Å². The molecule has 1 N–H and O–H groups in total. The third-order valence-corrected chi connectivity index (χ3v) is 9.95. The molecule has 0 aliphatic carbocycles. The molecule has 2 heterocycles. The molecule has 0 saturated heterocycles. The second kappa shape index (κ2) is 10.7. The van der Waals surface area contributed by atoms with Gasteiger partial charge in [0.2, 0.25) is 0 Å². The highest BCUT2D eigenvalue weighted by Gasteiger charge is 2.15. The van der Waals surface area contributed by atoms with Gasteiger partial charge in [0.15, 0.2) is 0 Å². The number of fused-ring (bicyclic) bond motifs is 10. The lowest BCUT2D eigenvalue weighted by Gasteiger charge is -2.15. The van der Waals surface area contributed by atoms with Gasteiger partial charge in [-0.15, -0.1) is 0 Å². The molecule has 0 radical (unpaired) electrons. The quantitative estimate of drug-likeness (QED) is 0.199. The van der Waals surface area contributed by atoms with Crippen molar-refractivity contribution in [3.8, 4) is 39.4 Å². The Morgan fingerprint density at radius 1 is 0.327 bits per heavy atom. The van der Waals surface area contributed by atoms with Crippen LogP contribution in [0, 0.1) is 0 Å². The van der Waals surface area contributed by atoms with E-state index in [1.807, 2.05) is 24.3 Å². The summed E-state index contributed by atoms with van der Waals surface area (Å²) in [6.45, 7) is 0. The van der Waals surface area contributed by atoms with Gasteiger partial charge in [-0.2, -0.15) is 0 Å². The Morgan fingerprint density at radius 2 is 0.776 bits per heavy atom. The molecule has 2 aromatic heterocycles. The molecule has 0 fully saturated rings. The van der Waals surface area contributed by atoms with Gasteiger partial charge in [0.25, 0.3) is 0 Å². The van der Waals surface area contributed by atoms with E-state index in [2.05, 4.69) is 133 Å². The summed E-state index contributed by atoms with van der Waals surface area (Å²) < 4.78 is 0. The molecule has 3 heteroatoms. The third-order valence-electron chi connectivity index (χ3n) is 9.95. The number of phenolic OH excluding ortho intramolecular Hbond substituents is 1. The lowest BCUT2D eigenvalue weighted by molar-refractivity contribution is 0.477. The summed E-state index contributed by atoms with van der Waals surface area (Å²) in [5, 5.41) is 22.5. The van der Waals surface area contributed by atoms with Gasteiger partial charge in [-0.05, 0) is 84.5 Å². The van der Waals surface area contributed by atoms with Crippen LogP contribution in [0.5, 0.6) is 5.75 Å². The number of benzene rings is 8. The first-order chi connectivity index (χ1) is 24.2. The first kappa shape index (κ1) is 27.5. The van der Waals surface area contributed by atoms with Gasteiger partial charge in [-0.1, -0.05) is 133 Å². The van der Waals surface area contributed by atoms with Gasteiger partial charge in [-0.3, -0.25) is 0 Å². The third kappa shape index (κ3) is 4.29. The van der Waals surface area contributed by atoms with Gasteiger partial charge in [-0.25, -0.2) is 9.97 Å². The zero-order chi connectivity index (χ0) is 32.5. The number of rotatable bonds is 3. The predicted octanol–water partition coefficient (Wildman–Crippen LogP) is 12.1. The molecular formula is C46H28N2O. The first-order valence-corrected chi connectivity index (χ1v) is 16.6. The molecule has 10 rings (SSSR count). The summed E-state index contributed by atoms with van der Waals surface area (Å²) in [5.74, 6) is 0.211. The summed E-state index contributed by atoms with van der Waals surface area (Å²) in [5.41, 5.74) is 7.44. The van der Waals surface area contributed by atoms with Gasteiger partial charge in [0, 0.05) is 21.9 Å². The molecule has 0 amide bonds. The number of hydrogen-bond donors (Lipinski definition) is 1. The molecule has 0 saturated carbocycles. The van der Waals surface area contributed by atoms with Gasteiger partial charge in [0.1, 0.15) is 5.75 Å². The summed E-state index contributed by atoms with van der Waals surface area (Å²) in [6.07, 6.45) is 0. The molecule has 228 valence electrons. The standard InChI is InChI=1S/C46H28N2O/c49-44-16-8-7-15-40(44)43-26-21-29-18-17-28-20-25-42(47-45(28)46(29)48-43)39-24-23-31(32-9-1-5-13-36(32)39)30-19-22-38-35-12-3-2-10-33(35)34-11-4-6-14-37(34)41(38)27-30/h1-27,49H. The van der Waals surface area contributed by atoms with Crippen LogP contribution in [-0.4, -0.2) is 15.1 Å². The highest BCUT2D eigenvalue weighted by atomic mass is 16.3. The minimum absolute atomic E-state index is 0.211. The molecule has 0 aliphatic heterocycles.